The Bertz CT molecular complexity index is 1680. The van der Waals surface area contributed by atoms with Gasteiger partial charge in [-0.05, 0) is 91.1 Å². The lowest BCUT2D eigenvalue weighted by Crippen LogP contribution is -2.17. The second kappa shape index (κ2) is 11.5. The highest BCUT2D eigenvalue weighted by Crippen LogP contribution is 2.58. The average Bonchev–Trinajstić information content (AvgIpc) is 3.07. The Morgan fingerprint density at radius 1 is 0.310 bits per heavy atom. The molecule has 0 atom stereocenters. The van der Waals surface area contributed by atoms with Crippen molar-refractivity contribution >= 4 is 22.3 Å². The molecule has 0 bridgehead atoms. The fraction of sp³-hybridized carbons (Fsp3) is 0. The number of allylic oxidation sites excluding steroid dienone is 4. The SMILES string of the molecule is c1ccc(C(=C2C(=C(c3ccccc3)c3ccccc3)C(c3ccncc3)=C2c2ccncc2)c2ccccc2)cc1. The molecule has 2 heterocycles. The molecule has 1 aliphatic carbocycles. The lowest BCUT2D eigenvalue weighted by Gasteiger charge is -2.37. The van der Waals surface area contributed by atoms with Crippen LogP contribution >= 0.6 is 0 Å². The highest BCUT2D eigenvalue weighted by atomic mass is 14.6. The van der Waals surface area contributed by atoms with Gasteiger partial charge in [-0.1, -0.05) is 121 Å². The summed E-state index contributed by atoms with van der Waals surface area (Å²) in [6, 6.07) is 51.5. The van der Waals surface area contributed by atoms with Gasteiger partial charge in [-0.25, -0.2) is 0 Å². The van der Waals surface area contributed by atoms with Crippen LogP contribution in [0.5, 0.6) is 0 Å². The fourth-order valence-electron chi connectivity index (χ4n) is 5.88. The van der Waals surface area contributed by atoms with Crippen LogP contribution in [0.3, 0.4) is 0 Å². The van der Waals surface area contributed by atoms with Crippen molar-refractivity contribution in [2.45, 2.75) is 0 Å². The molecule has 2 aromatic heterocycles. The van der Waals surface area contributed by atoms with Crippen LogP contribution in [0.2, 0.25) is 0 Å². The minimum absolute atomic E-state index is 1.14. The van der Waals surface area contributed by atoms with Crippen molar-refractivity contribution in [1.82, 2.24) is 9.97 Å². The largest absolute Gasteiger partial charge is 0.265 e. The van der Waals surface area contributed by atoms with Gasteiger partial charge in [0.25, 0.3) is 0 Å². The maximum atomic E-state index is 4.36. The molecule has 0 unspecified atom stereocenters. The average molecular weight is 537 g/mol. The Balaban J connectivity index is 1.71. The van der Waals surface area contributed by atoms with Gasteiger partial charge >= 0.3 is 0 Å². The highest BCUT2D eigenvalue weighted by Gasteiger charge is 2.37. The zero-order valence-electron chi connectivity index (χ0n) is 23.1. The van der Waals surface area contributed by atoms with Gasteiger partial charge in [-0.2, -0.15) is 0 Å². The molecular formula is C40H28N2. The topological polar surface area (TPSA) is 25.8 Å². The monoisotopic (exact) mass is 536 g/mol. The van der Waals surface area contributed by atoms with E-state index in [1.54, 1.807) is 0 Å². The Morgan fingerprint density at radius 3 is 0.833 bits per heavy atom. The molecule has 0 aliphatic heterocycles. The minimum Gasteiger partial charge on any atom is -0.265 e. The number of rotatable bonds is 6. The quantitative estimate of drug-likeness (QED) is 0.212. The van der Waals surface area contributed by atoms with E-state index in [1.165, 1.54) is 55.7 Å². The van der Waals surface area contributed by atoms with E-state index >= 15 is 0 Å². The maximum Gasteiger partial charge on any atom is 0.0273 e. The molecule has 0 spiro atoms. The van der Waals surface area contributed by atoms with Gasteiger partial charge in [0.2, 0.25) is 0 Å². The van der Waals surface area contributed by atoms with Crippen molar-refractivity contribution < 1.29 is 0 Å². The van der Waals surface area contributed by atoms with Crippen molar-refractivity contribution in [3.8, 4) is 0 Å². The van der Waals surface area contributed by atoms with E-state index in [2.05, 4.69) is 156 Å². The van der Waals surface area contributed by atoms with E-state index in [4.69, 9.17) is 0 Å². The molecule has 42 heavy (non-hydrogen) atoms. The highest BCUT2D eigenvalue weighted by molar-refractivity contribution is 6.26. The van der Waals surface area contributed by atoms with Crippen LogP contribution in [-0.4, -0.2) is 9.97 Å². The zero-order valence-corrected chi connectivity index (χ0v) is 23.1. The normalized spacial score (nSPS) is 12.6. The van der Waals surface area contributed by atoms with E-state index in [-0.39, 0.29) is 0 Å². The molecule has 0 amide bonds. The number of aromatic nitrogens is 2. The predicted octanol–water partition coefficient (Wildman–Crippen LogP) is 9.41. The van der Waals surface area contributed by atoms with E-state index in [0.29, 0.717) is 0 Å². The zero-order chi connectivity index (χ0) is 28.1. The number of hydrogen-bond acceptors (Lipinski definition) is 2. The first kappa shape index (κ1) is 25.4. The van der Waals surface area contributed by atoms with E-state index in [1.807, 2.05) is 24.8 Å². The second-order valence-corrected chi connectivity index (χ2v) is 10.2. The Kier molecular flexibility index (Phi) is 6.94. The van der Waals surface area contributed by atoms with Crippen molar-refractivity contribution in [2.75, 3.05) is 0 Å². The molecule has 0 N–H and O–H groups in total. The van der Waals surface area contributed by atoms with Gasteiger partial charge in [0, 0.05) is 24.8 Å². The molecule has 0 saturated heterocycles. The van der Waals surface area contributed by atoms with Gasteiger partial charge in [0.1, 0.15) is 0 Å². The van der Waals surface area contributed by atoms with Crippen LogP contribution in [0, 0.1) is 0 Å². The summed E-state index contributed by atoms with van der Waals surface area (Å²) in [7, 11) is 0. The lowest BCUT2D eigenvalue weighted by atomic mass is 9.65. The Labute approximate surface area is 246 Å². The van der Waals surface area contributed by atoms with Crippen molar-refractivity contribution in [2.24, 2.45) is 0 Å². The third-order valence-electron chi connectivity index (χ3n) is 7.69. The van der Waals surface area contributed by atoms with Crippen LogP contribution in [-0.2, 0) is 0 Å². The molecule has 2 nitrogen and oxygen atoms in total. The van der Waals surface area contributed by atoms with Crippen molar-refractivity contribution in [3.63, 3.8) is 0 Å². The molecular weight excluding hydrogens is 508 g/mol. The molecule has 198 valence electrons. The third-order valence-corrected chi connectivity index (χ3v) is 7.69. The molecule has 4 aromatic carbocycles. The van der Waals surface area contributed by atoms with E-state index in [0.717, 1.165) is 11.1 Å². The summed E-state index contributed by atoms with van der Waals surface area (Å²) in [5.74, 6) is 0. The molecule has 1 aliphatic rings. The first-order valence-electron chi connectivity index (χ1n) is 14.2. The standard InChI is InChI=1S/C40H28N2/c1-5-13-29(14-6-1)35(30-15-7-2-8-16-30)39-37(33-21-25-41-26-22-33)38(34-23-27-42-28-24-34)40(39)36(31-17-9-3-10-18-31)32-19-11-4-12-20-32/h1-28H. The van der Waals surface area contributed by atoms with Gasteiger partial charge in [-0.15, -0.1) is 0 Å². The molecule has 0 radical (unpaired) electrons. The number of pyridine rings is 2. The van der Waals surface area contributed by atoms with Crippen molar-refractivity contribution in [3.05, 3.63) is 215 Å². The molecule has 6 aromatic rings. The summed E-state index contributed by atoms with van der Waals surface area (Å²) < 4.78 is 0. The number of hydrogen-bond donors (Lipinski definition) is 0. The summed E-state index contributed by atoms with van der Waals surface area (Å²) in [4.78, 5) is 8.72. The smallest absolute Gasteiger partial charge is 0.0273 e. The van der Waals surface area contributed by atoms with Crippen LogP contribution in [0.4, 0.5) is 0 Å². The van der Waals surface area contributed by atoms with Crippen LogP contribution in [0.25, 0.3) is 22.3 Å². The van der Waals surface area contributed by atoms with Gasteiger partial charge in [0.15, 0.2) is 0 Å². The van der Waals surface area contributed by atoms with Crippen LogP contribution < -0.4 is 0 Å². The summed E-state index contributed by atoms with van der Waals surface area (Å²) in [5.41, 5.74) is 14.3. The predicted molar refractivity (Wildman–Crippen MR) is 173 cm³/mol. The summed E-state index contributed by atoms with van der Waals surface area (Å²) in [5, 5.41) is 0. The van der Waals surface area contributed by atoms with Gasteiger partial charge < -0.3 is 0 Å². The molecule has 2 heteroatoms. The Morgan fingerprint density at radius 2 is 0.571 bits per heavy atom. The minimum atomic E-state index is 1.14. The lowest BCUT2D eigenvalue weighted by molar-refractivity contribution is 1.29. The first-order valence-corrected chi connectivity index (χ1v) is 14.2. The maximum absolute atomic E-state index is 4.36. The second-order valence-electron chi connectivity index (χ2n) is 10.2. The van der Waals surface area contributed by atoms with Crippen LogP contribution in [0.1, 0.15) is 33.4 Å². The summed E-state index contributed by atoms with van der Waals surface area (Å²) in [6.45, 7) is 0. The van der Waals surface area contributed by atoms with Gasteiger partial charge in [0.05, 0.1) is 0 Å². The van der Waals surface area contributed by atoms with Crippen molar-refractivity contribution in [1.29, 1.82) is 0 Å². The first-order chi connectivity index (χ1) is 20.9. The summed E-state index contributed by atoms with van der Waals surface area (Å²) >= 11 is 0. The third kappa shape index (κ3) is 4.70. The molecule has 0 fully saturated rings. The fourth-order valence-corrected chi connectivity index (χ4v) is 5.88. The number of benzene rings is 4. The van der Waals surface area contributed by atoms with E-state index in [9.17, 15) is 0 Å². The van der Waals surface area contributed by atoms with E-state index < -0.39 is 0 Å². The van der Waals surface area contributed by atoms with Crippen LogP contribution in [0.15, 0.2) is 182 Å². The number of nitrogens with zero attached hydrogens (tertiary/aromatic N) is 2. The molecule has 7 rings (SSSR count). The molecule has 0 saturated carbocycles. The Hall–Kier alpha value is -5.60. The van der Waals surface area contributed by atoms with Gasteiger partial charge in [-0.3, -0.25) is 9.97 Å². The summed E-state index contributed by atoms with van der Waals surface area (Å²) in [6.07, 6.45) is 7.52.